The fraction of sp³-hybridized carbons (Fsp3) is 1.00. The van der Waals surface area contributed by atoms with Gasteiger partial charge in [-0.15, -0.1) is 0 Å². The lowest BCUT2D eigenvalue weighted by atomic mass is 10.1. The normalized spacial score (nSPS) is 11.2. The molecule has 15 heavy (non-hydrogen) atoms. The zero-order valence-corrected chi connectivity index (χ0v) is 10.6. The van der Waals surface area contributed by atoms with Gasteiger partial charge in [0.1, 0.15) is 0 Å². The maximum Gasteiger partial charge on any atom is 0.0518 e. The van der Waals surface area contributed by atoms with E-state index in [0.717, 1.165) is 13.2 Å². The van der Waals surface area contributed by atoms with Gasteiger partial charge in [0.2, 0.25) is 0 Å². The van der Waals surface area contributed by atoms with Crippen LogP contribution in [0.25, 0.3) is 0 Å². The van der Waals surface area contributed by atoms with Crippen molar-refractivity contribution in [2.75, 3.05) is 13.2 Å². The van der Waals surface area contributed by atoms with Crippen LogP contribution in [0.3, 0.4) is 0 Å². The lowest BCUT2D eigenvalue weighted by Gasteiger charge is -2.06. The van der Waals surface area contributed by atoms with Crippen LogP contribution < -0.4 is 5.73 Å². The van der Waals surface area contributed by atoms with Crippen LogP contribution in [0.5, 0.6) is 0 Å². The van der Waals surface area contributed by atoms with Gasteiger partial charge in [0.15, 0.2) is 0 Å². The molecular formula is C13H29NO. The van der Waals surface area contributed by atoms with E-state index >= 15 is 0 Å². The molecule has 0 aliphatic rings. The molecule has 0 aliphatic heterocycles. The van der Waals surface area contributed by atoms with Crippen LogP contribution in [-0.2, 0) is 4.74 Å². The number of ether oxygens (including phenoxy) is 1. The lowest BCUT2D eigenvalue weighted by molar-refractivity contribution is 0.0757. The molecule has 0 saturated heterocycles. The average Bonchev–Trinajstić information content (AvgIpc) is 2.20. The summed E-state index contributed by atoms with van der Waals surface area (Å²) in [6.07, 6.45) is 10.9. The molecule has 0 bridgehead atoms. The molecule has 0 unspecified atom stereocenters. The highest BCUT2D eigenvalue weighted by atomic mass is 16.5. The molecule has 92 valence electrons. The Kier molecular flexibility index (Phi) is 11.9. The maximum absolute atomic E-state index is 5.49. The van der Waals surface area contributed by atoms with Gasteiger partial charge >= 0.3 is 0 Å². The molecule has 2 heteroatoms. The van der Waals surface area contributed by atoms with Gasteiger partial charge in [-0.3, -0.25) is 0 Å². The fourth-order valence-corrected chi connectivity index (χ4v) is 1.63. The van der Waals surface area contributed by atoms with E-state index in [1.807, 2.05) is 0 Å². The first kappa shape index (κ1) is 14.9. The zero-order chi connectivity index (χ0) is 11.4. The number of rotatable bonds is 11. The Balaban J connectivity index is 2.87. The highest BCUT2D eigenvalue weighted by Gasteiger charge is 1.94. The van der Waals surface area contributed by atoms with E-state index < -0.39 is 0 Å². The second-order valence-corrected chi connectivity index (χ2v) is 4.54. The van der Waals surface area contributed by atoms with Crippen molar-refractivity contribution >= 4 is 0 Å². The van der Waals surface area contributed by atoms with E-state index in [0.29, 0.717) is 6.10 Å². The van der Waals surface area contributed by atoms with Gasteiger partial charge in [0, 0.05) is 6.61 Å². The highest BCUT2D eigenvalue weighted by Crippen LogP contribution is 2.08. The molecule has 0 saturated carbocycles. The van der Waals surface area contributed by atoms with Crippen molar-refractivity contribution in [1.29, 1.82) is 0 Å². The predicted octanol–water partition coefficient (Wildman–Crippen LogP) is 3.49. The lowest BCUT2D eigenvalue weighted by Crippen LogP contribution is -2.03. The zero-order valence-electron chi connectivity index (χ0n) is 10.6. The van der Waals surface area contributed by atoms with Gasteiger partial charge < -0.3 is 10.5 Å². The minimum Gasteiger partial charge on any atom is -0.379 e. The van der Waals surface area contributed by atoms with Crippen molar-refractivity contribution in [3.63, 3.8) is 0 Å². The summed E-state index contributed by atoms with van der Waals surface area (Å²) >= 11 is 0. The van der Waals surface area contributed by atoms with Gasteiger partial charge in [0.25, 0.3) is 0 Å². The van der Waals surface area contributed by atoms with Gasteiger partial charge in [-0.2, -0.15) is 0 Å². The topological polar surface area (TPSA) is 35.2 Å². The minimum absolute atomic E-state index is 0.390. The Labute approximate surface area is 95.6 Å². The molecule has 0 rings (SSSR count). The van der Waals surface area contributed by atoms with Crippen LogP contribution >= 0.6 is 0 Å². The average molecular weight is 215 g/mol. The number of hydrogen-bond acceptors (Lipinski definition) is 2. The van der Waals surface area contributed by atoms with Gasteiger partial charge in [-0.25, -0.2) is 0 Å². The highest BCUT2D eigenvalue weighted by molar-refractivity contribution is 4.47. The number of nitrogens with two attached hydrogens (primary N) is 1. The smallest absolute Gasteiger partial charge is 0.0518 e. The standard InChI is InChI=1S/C13H29NO/c1-13(2)15-12-10-8-6-4-3-5-7-9-11-14/h13H,3-12,14H2,1-2H3. The predicted molar refractivity (Wildman–Crippen MR) is 67.1 cm³/mol. The van der Waals surface area contributed by atoms with Crippen molar-refractivity contribution in [3.8, 4) is 0 Å². The molecule has 0 aliphatic carbocycles. The third-order valence-electron chi connectivity index (χ3n) is 2.55. The van der Waals surface area contributed by atoms with Crippen molar-refractivity contribution in [2.24, 2.45) is 5.73 Å². The molecule has 2 N–H and O–H groups in total. The van der Waals surface area contributed by atoms with E-state index in [2.05, 4.69) is 13.8 Å². The van der Waals surface area contributed by atoms with Crippen LogP contribution in [0, 0.1) is 0 Å². The molecule has 0 amide bonds. The van der Waals surface area contributed by atoms with E-state index in [1.54, 1.807) is 0 Å². The van der Waals surface area contributed by atoms with Crippen molar-refractivity contribution in [3.05, 3.63) is 0 Å². The molecule has 0 fully saturated rings. The first-order chi connectivity index (χ1) is 7.27. The van der Waals surface area contributed by atoms with Gasteiger partial charge in [-0.1, -0.05) is 38.5 Å². The van der Waals surface area contributed by atoms with Crippen molar-refractivity contribution in [2.45, 2.75) is 71.3 Å². The molecule has 2 nitrogen and oxygen atoms in total. The van der Waals surface area contributed by atoms with Crippen molar-refractivity contribution < 1.29 is 4.74 Å². The molecule has 0 aromatic carbocycles. The molecule has 0 spiro atoms. The second-order valence-electron chi connectivity index (χ2n) is 4.54. The number of unbranched alkanes of at least 4 members (excludes halogenated alkanes) is 7. The SMILES string of the molecule is CC(C)OCCCCCCCCCCN. The van der Waals surface area contributed by atoms with E-state index in [-0.39, 0.29) is 0 Å². The van der Waals surface area contributed by atoms with E-state index in [1.165, 1.54) is 51.4 Å². The van der Waals surface area contributed by atoms with Crippen LogP contribution in [0.15, 0.2) is 0 Å². The summed E-state index contributed by atoms with van der Waals surface area (Å²) in [5.41, 5.74) is 5.43. The largest absolute Gasteiger partial charge is 0.379 e. The summed E-state index contributed by atoms with van der Waals surface area (Å²) < 4.78 is 5.49. The van der Waals surface area contributed by atoms with E-state index in [4.69, 9.17) is 10.5 Å². The third kappa shape index (κ3) is 13.9. The van der Waals surface area contributed by atoms with Gasteiger partial charge in [-0.05, 0) is 33.2 Å². The van der Waals surface area contributed by atoms with Crippen LogP contribution in [-0.4, -0.2) is 19.3 Å². The Hall–Kier alpha value is -0.0800. The fourth-order valence-electron chi connectivity index (χ4n) is 1.63. The summed E-state index contributed by atoms with van der Waals surface area (Å²) in [6, 6.07) is 0. The first-order valence-corrected chi connectivity index (χ1v) is 6.59. The monoisotopic (exact) mass is 215 g/mol. The second kappa shape index (κ2) is 12.0. The molecular weight excluding hydrogens is 186 g/mol. The van der Waals surface area contributed by atoms with Crippen molar-refractivity contribution in [1.82, 2.24) is 0 Å². The summed E-state index contributed by atoms with van der Waals surface area (Å²) in [6.45, 7) is 5.98. The summed E-state index contributed by atoms with van der Waals surface area (Å²) in [5, 5.41) is 0. The molecule has 0 heterocycles. The molecule has 0 aromatic rings. The number of hydrogen-bond donors (Lipinski definition) is 1. The third-order valence-corrected chi connectivity index (χ3v) is 2.55. The Morgan fingerprint density at radius 2 is 1.27 bits per heavy atom. The van der Waals surface area contributed by atoms with Crippen LogP contribution in [0.4, 0.5) is 0 Å². The Morgan fingerprint density at radius 1 is 0.800 bits per heavy atom. The Bertz CT molecular complexity index is 115. The summed E-state index contributed by atoms with van der Waals surface area (Å²) in [4.78, 5) is 0. The first-order valence-electron chi connectivity index (χ1n) is 6.59. The minimum atomic E-state index is 0.390. The van der Waals surface area contributed by atoms with E-state index in [9.17, 15) is 0 Å². The molecule has 0 aromatic heterocycles. The summed E-state index contributed by atoms with van der Waals surface area (Å²) in [5.74, 6) is 0. The molecule has 0 atom stereocenters. The maximum atomic E-state index is 5.49. The quantitative estimate of drug-likeness (QED) is 0.535. The van der Waals surface area contributed by atoms with Gasteiger partial charge in [0.05, 0.1) is 6.10 Å². The molecule has 0 radical (unpaired) electrons. The van der Waals surface area contributed by atoms with Crippen LogP contribution in [0.1, 0.15) is 65.2 Å². The van der Waals surface area contributed by atoms with Crippen LogP contribution in [0.2, 0.25) is 0 Å². The summed E-state index contributed by atoms with van der Waals surface area (Å²) in [7, 11) is 0. The Morgan fingerprint density at radius 3 is 1.73 bits per heavy atom.